The molecule has 1 unspecified atom stereocenters. The molecule has 0 bridgehead atoms. The van der Waals surface area contributed by atoms with Crippen molar-refractivity contribution in [1.29, 1.82) is 0 Å². The van der Waals surface area contributed by atoms with E-state index in [1.165, 1.54) is 0 Å². The molecule has 1 atom stereocenters. The van der Waals surface area contributed by atoms with Crippen LogP contribution in [0.4, 0.5) is 5.69 Å². The molecule has 1 aliphatic rings. The monoisotopic (exact) mass is 312 g/mol. The van der Waals surface area contributed by atoms with Gasteiger partial charge in [0.05, 0.1) is 6.54 Å². The van der Waals surface area contributed by atoms with E-state index >= 15 is 0 Å². The minimum Gasteiger partial charge on any atom is -0.480 e. The van der Waals surface area contributed by atoms with Crippen LogP contribution in [0.3, 0.4) is 0 Å². The van der Waals surface area contributed by atoms with Crippen LogP contribution in [0.25, 0.3) is 0 Å². The van der Waals surface area contributed by atoms with Gasteiger partial charge in [-0.25, -0.2) is 4.79 Å². The Kier molecular flexibility index (Phi) is 3.56. The number of carbonyl (C=O) groups excluding carboxylic acids is 1. The first kappa shape index (κ1) is 12.9. The minimum absolute atomic E-state index is 0.0689. The zero-order valence-corrected chi connectivity index (χ0v) is 11.4. The number of halogens is 1. The van der Waals surface area contributed by atoms with Gasteiger partial charge in [-0.2, -0.15) is 0 Å². The van der Waals surface area contributed by atoms with Gasteiger partial charge < -0.3 is 15.3 Å². The summed E-state index contributed by atoms with van der Waals surface area (Å²) in [4.78, 5) is 24.3. The molecule has 1 aromatic carbocycles. The highest BCUT2D eigenvalue weighted by atomic mass is 79.9. The van der Waals surface area contributed by atoms with Gasteiger partial charge >= 0.3 is 5.97 Å². The number of carboxylic acid groups (broad SMARTS) is 1. The van der Waals surface area contributed by atoms with Crippen LogP contribution in [0.1, 0.15) is 5.56 Å². The summed E-state index contributed by atoms with van der Waals surface area (Å²) >= 11 is 3.36. The first-order valence-electron chi connectivity index (χ1n) is 5.51. The Morgan fingerprint density at radius 2 is 2.28 bits per heavy atom. The molecule has 2 rings (SSSR count). The van der Waals surface area contributed by atoms with Crippen molar-refractivity contribution in [2.75, 3.05) is 18.0 Å². The predicted octanol–water partition coefficient (Wildman–Crippen LogP) is 1.15. The highest BCUT2D eigenvalue weighted by molar-refractivity contribution is 9.10. The number of benzene rings is 1. The molecule has 1 fully saturated rings. The van der Waals surface area contributed by atoms with E-state index in [1.807, 2.05) is 25.1 Å². The Hall–Kier alpha value is -1.56. The molecule has 0 aliphatic carbocycles. The van der Waals surface area contributed by atoms with Crippen molar-refractivity contribution in [2.24, 2.45) is 0 Å². The fourth-order valence-corrected chi connectivity index (χ4v) is 2.53. The second-order valence-electron chi connectivity index (χ2n) is 4.22. The molecule has 1 heterocycles. The number of nitrogens with zero attached hydrogens (tertiary/aromatic N) is 1. The number of rotatable bonds is 2. The summed E-state index contributed by atoms with van der Waals surface area (Å²) in [6.45, 7) is 2.09. The molecule has 0 saturated carbocycles. The van der Waals surface area contributed by atoms with Gasteiger partial charge in [0.1, 0.15) is 6.04 Å². The number of aryl methyl sites for hydroxylation is 1. The molecule has 2 N–H and O–H groups in total. The SMILES string of the molecule is Cc1cc(Br)ccc1N1CC(=O)NCC1C(=O)O. The quantitative estimate of drug-likeness (QED) is 0.859. The Morgan fingerprint density at radius 3 is 2.89 bits per heavy atom. The van der Waals surface area contributed by atoms with E-state index in [0.717, 1.165) is 15.7 Å². The van der Waals surface area contributed by atoms with Crippen molar-refractivity contribution >= 4 is 33.5 Å². The van der Waals surface area contributed by atoms with Crippen LogP contribution in [0.15, 0.2) is 22.7 Å². The number of hydrogen-bond donors (Lipinski definition) is 2. The number of carboxylic acids is 1. The third-order valence-corrected chi connectivity index (χ3v) is 3.43. The van der Waals surface area contributed by atoms with Gasteiger partial charge in [-0.15, -0.1) is 0 Å². The average molecular weight is 313 g/mol. The van der Waals surface area contributed by atoms with Crippen LogP contribution < -0.4 is 10.2 Å². The fourth-order valence-electron chi connectivity index (χ4n) is 2.06. The molecular weight excluding hydrogens is 300 g/mol. The minimum atomic E-state index is -0.933. The second-order valence-corrected chi connectivity index (χ2v) is 5.13. The summed E-state index contributed by atoms with van der Waals surface area (Å²) < 4.78 is 0.928. The summed E-state index contributed by atoms with van der Waals surface area (Å²) in [6, 6.07) is 4.85. The molecule has 0 spiro atoms. The zero-order chi connectivity index (χ0) is 13.3. The van der Waals surface area contributed by atoms with E-state index in [1.54, 1.807) is 4.90 Å². The van der Waals surface area contributed by atoms with E-state index in [9.17, 15) is 14.7 Å². The first-order chi connectivity index (χ1) is 8.49. The summed E-state index contributed by atoms with van der Waals surface area (Å²) in [5.41, 5.74) is 1.71. The fraction of sp³-hybridized carbons (Fsp3) is 0.333. The first-order valence-corrected chi connectivity index (χ1v) is 6.30. The van der Waals surface area contributed by atoms with Crippen molar-refractivity contribution in [3.05, 3.63) is 28.2 Å². The number of anilines is 1. The molecule has 1 saturated heterocycles. The number of hydrogen-bond acceptors (Lipinski definition) is 3. The van der Waals surface area contributed by atoms with Crippen LogP contribution in [0, 0.1) is 6.92 Å². The number of nitrogens with one attached hydrogen (secondary N) is 1. The van der Waals surface area contributed by atoms with Gasteiger partial charge in [0.25, 0.3) is 0 Å². The molecule has 18 heavy (non-hydrogen) atoms. The van der Waals surface area contributed by atoms with Crippen molar-refractivity contribution in [1.82, 2.24) is 5.32 Å². The number of amides is 1. The lowest BCUT2D eigenvalue weighted by Crippen LogP contribution is -2.57. The van der Waals surface area contributed by atoms with Gasteiger partial charge in [0.15, 0.2) is 0 Å². The molecular formula is C12H13BrN2O3. The van der Waals surface area contributed by atoms with E-state index in [4.69, 9.17) is 0 Å². The lowest BCUT2D eigenvalue weighted by Gasteiger charge is -2.35. The lowest BCUT2D eigenvalue weighted by atomic mass is 10.1. The summed E-state index contributed by atoms with van der Waals surface area (Å²) in [7, 11) is 0. The summed E-state index contributed by atoms with van der Waals surface area (Å²) in [5, 5.41) is 11.8. The zero-order valence-electron chi connectivity index (χ0n) is 9.81. The van der Waals surface area contributed by atoms with Gasteiger partial charge in [-0.05, 0) is 30.7 Å². The molecule has 1 amide bonds. The normalized spacial score (nSPS) is 19.6. The van der Waals surface area contributed by atoms with Gasteiger partial charge in [-0.1, -0.05) is 15.9 Å². The number of aliphatic carboxylic acids is 1. The van der Waals surface area contributed by atoms with Crippen molar-refractivity contribution < 1.29 is 14.7 Å². The Morgan fingerprint density at radius 1 is 1.56 bits per heavy atom. The molecule has 1 aliphatic heterocycles. The number of carbonyl (C=O) groups is 2. The van der Waals surface area contributed by atoms with Crippen LogP contribution in [-0.4, -0.2) is 36.1 Å². The van der Waals surface area contributed by atoms with Gasteiger partial charge in [0, 0.05) is 16.7 Å². The Balaban J connectivity index is 2.38. The second kappa shape index (κ2) is 4.97. The van der Waals surface area contributed by atoms with E-state index in [0.29, 0.717) is 0 Å². The third-order valence-electron chi connectivity index (χ3n) is 2.94. The highest BCUT2D eigenvalue weighted by Gasteiger charge is 2.32. The Bertz CT molecular complexity index is 504. The van der Waals surface area contributed by atoms with Crippen LogP contribution in [0.2, 0.25) is 0 Å². The molecule has 6 heteroatoms. The smallest absolute Gasteiger partial charge is 0.328 e. The van der Waals surface area contributed by atoms with Crippen LogP contribution >= 0.6 is 15.9 Å². The molecule has 1 aromatic rings. The predicted molar refractivity (Wildman–Crippen MR) is 70.7 cm³/mol. The van der Waals surface area contributed by atoms with E-state index in [2.05, 4.69) is 21.2 Å². The Labute approximate surface area is 113 Å². The maximum Gasteiger partial charge on any atom is 0.328 e. The highest BCUT2D eigenvalue weighted by Crippen LogP contribution is 2.26. The van der Waals surface area contributed by atoms with Crippen LogP contribution in [-0.2, 0) is 9.59 Å². The maximum absolute atomic E-state index is 11.4. The molecule has 0 aromatic heterocycles. The van der Waals surface area contributed by atoms with E-state index < -0.39 is 12.0 Å². The molecule has 96 valence electrons. The van der Waals surface area contributed by atoms with Crippen molar-refractivity contribution in [2.45, 2.75) is 13.0 Å². The topological polar surface area (TPSA) is 69.6 Å². The standard InChI is InChI=1S/C12H13BrN2O3/c1-7-4-8(13)2-3-9(7)15-6-11(16)14-5-10(15)12(17)18/h2-4,10H,5-6H2,1H3,(H,14,16)(H,17,18). The van der Waals surface area contributed by atoms with Gasteiger partial charge in [0.2, 0.25) is 5.91 Å². The molecule has 5 nitrogen and oxygen atoms in total. The summed E-state index contributed by atoms with van der Waals surface area (Å²) in [6.07, 6.45) is 0. The average Bonchev–Trinajstić information content (AvgIpc) is 2.28. The van der Waals surface area contributed by atoms with Crippen molar-refractivity contribution in [3.63, 3.8) is 0 Å². The van der Waals surface area contributed by atoms with E-state index in [-0.39, 0.29) is 19.0 Å². The lowest BCUT2D eigenvalue weighted by molar-refractivity contribution is -0.139. The van der Waals surface area contributed by atoms with Crippen molar-refractivity contribution in [3.8, 4) is 0 Å². The maximum atomic E-state index is 11.4. The number of piperazine rings is 1. The van der Waals surface area contributed by atoms with Crippen LogP contribution in [0.5, 0.6) is 0 Å². The third kappa shape index (κ3) is 2.48. The summed E-state index contributed by atoms with van der Waals surface area (Å²) in [5.74, 6) is -1.09. The van der Waals surface area contributed by atoms with Gasteiger partial charge in [-0.3, -0.25) is 4.79 Å². The largest absolute Gasteiger partial charge is 0.480 e. The molecule has 0 radical (unpaired) electrons.